The van der Waals surface area contributed by atoms with Crippen LogP contribution in [0.3, 0.4) is 0 Å². The number of amides is 2. The van der Waals surface area contributed by atoms with Gasteiger partial charge in [0.15, 0.2) is 0 Å². The predicted octanol–water partition coefficient (Wildman–Crippen LogP) is 0.795. The quantitative estimate of drug-likeness (QED) is 0.781. The number of methoxy groups -OCH3 is 1. The van der Waals surface area contributed by atoms with Crippen molar-refractivity contribution in [3.8, 4) is 5.75 Å². The fourth-order valence-electron chi connectivity index (χ4n) is 1.60. The molecule has 0 fully saturated rings. The Morgan fingerprint density at radius 3 is 2.72 bits per heavy atom. The molecule has 0 radical (unpaired) electrons. The molecule has 0 aliphatic carbocycles. The van der Waals surface area contributed by atoms with Crippen molar-refractivity contribution in [3.63, 3.8) is 0 Å². The van der Waals surface area contributed by atoms with Gasteiger partial charge in [-0.25, -0.2) is 0 Å². The highest BCUT2D eigenvalue weighted by Crippen LogP contribution is 2.13. The highest BCUT2D eigenvalue weighted by Gasteiger charge is 2.20. The first kappa shape index (κ1) is 12.3. The van der Waals surface area contributed by atoms with Crippen LogP contribution in [-0.2, 0) is 20.9 Å². The van der Waals surface area contributed by atoms with Crippen molar-refractivity contribution in [2.24, 2.45) is 0 Å². The van der Waals surface area contributed by atoms with E-state index in [-0.39, 0.29) is 18.4 Å². The Morgan fingerprint density at radius 2 is 2.06 bits per heavy atom. The lowest BCUT2D eigenvalue weighted by Crippen LogP contribution is -2.23. The van der Waals surface area contributed by atoms with Crippen molar-refractivity contribution in [2.75, 3.05) is 13.7 Å². The van der Waals surface area contributed by atoms with Gasteiger partial charge in [0.25, 0.3) is 11.8 Å². The molecule has 1 heterocycles. The number of nitrogens with one attached hydrogen (secondary N) is 1. The van der Waals surface area contributed by atoms with Crippen LogP contribution in [0.2, 0.25) is 0 Å². The lowest BCUT2D eigenvalue weighted by Gasteiger charge is -2.05. The lowest BCUT2D eigenvalue weighted by atomic mass is 10.2. The van der Waals surface area contributed by atoms with Crippen LogP contribution >= 0.6 is 0 Å². The summed E-state index contributed by atoms with van der Waals surface area (Å²) in [5.41, 5.74) is 1.29. The molecule has 1 aliphatic rings. The Bertz CT molecular complexity index is 507. The second kappa shape index (κ2) is 5.46. The van der Waals surface area contributed by atoms with Crippen molar-refractivity contribution < 1.29 is 19.1 Å². The molecule has 1 aromatic rings. The summed E-state index contributed by atoms with van der Waals surface area (Å²) < 4.78 is 10.5. The maximum absolute atomic E-state index is 11.2. The molecule has 0 spiro atoms. The number of ether oxygens (including phenoxy) is 2. The number of benzene rings is 1. The van der Waals surface area contributed by atoms with Gasteiger partial charge in [-0.15, -0.1) is 0 Å². The summed E-state index contributed by atoms with van der Waals surface area (Å²) in [4.78, 5) is 22.1. The number of rotatable bonds is 5. The molecule has 1 aliphatic heterocycles. The molecule has 2 rings (SSSR count). The third-order valence-electron chi connectivity index (χ3n) is 2.49. The maximum Gasteiger partial charge on any atom is 0.256 e. The molecule has 94 valence electrons. The van der Waals surface area contributed by atoms with E-state index in [0.717, 1.165) is 11.3 Å². The SMILES string of the molecule is COc1cccc(COCC2=CC(=O)NC2=O)c1. The summed E-state index contributed by atoms with van der Waals surface area (Å²) >= 11 is 0. The van der Waals surface area contributed by atoms with Gasteiger partial charge in [0, 0.05) is 11.6 Å². The smallest absolute Gasteiger partial charge is 0.256 e. The molecule has 2 amide bonds. The van der Waals surface area contributed by atoms with Gasteiger partial charge in [-0.2, -0.15) is 0 Å². The molecular weight excluding hydrogens is 234 g/mol. The Kier molecular flexibility index (Phi) is 3.74. The van der Waals surface area contributed by atoms with Crippen molar-refractivity contribution in [3.05, 3.63) is 41.5 Å². The second-order valence-electron chi connectivity index (χ2n) is 3.83. The van der Waals surface area contributed by atoms with Gasteiger partial charge in [0.2, 0.25) is 0 Å². The number of carbonyl (C=O) groups is 2. The van der Waals surface area contributed by atoms with E-state index < -0.39 is 0 Å². The largest absolute Gasteiger partial charge is 0.497 e. The molecular formula is C13H13NO4. The predicted molar refractivity (Wildman–Crippen MR) is 63.9 cm³/mol. The summed E-state index contributed by atoms with van der Waals surface area (Å²) in [7, 11) is 1.60. The van der Waals surface area contributed by atoms with Crippen LogP contribution in [-0.4, -0.2) is 25.5 Å². The standard InChI is InChI=1S/C13H13NO4/c1-17-11-4-2-3-9(5-11)7-18-8-10-6-12(15)14-13(10)16/h2-6H,7-8H2,1H3,(H,14,15,16). The molecule has 0 aromatic heterocycles. The molecule has 1 N–H and O–H groups in total. The van der Waals surface area contributed by atoms with E-state index in [1.807, 2.05) is 24.3 Å². The number of imide groups is 1. The molecule has 0 saturated carbocycles. The van der Waals surface area contributed by atoms with Crippen LogP contribution in [0.4, 0.5) is 0 Å². The summed E-state index contributed by atoms with van der Waals surface area (Å²) in [6.45, 7) is 0.477. The van der Waals surface area contributed by atoms with Crippen LogP contribution in [0.25, 0.3) is 0 Å². The zero-order valence-corrected chi connectivity index (χ0v) is 9.93. The van der Waals surface area contributed by atoms with Gasteiger partial charge in [0.05, 0.1) is 20.3 Å². The molecule has 5 heteroatoms. The second-order valence-corrected chi connectivity index (χ2v) is 3.83. The van der Waals surface area contributed by atoms with Gasteiger partial charge in [-0.3, -0.25) is 14.9 Å². The summed E-state index contributed by atoms with van der Waals surface area (Å²) in [6.07, 6.45) is 1.26. The zero-order valence-electron chi connectivity index (χ0n) is 9.93. The van der Waals surface area contributed by atoms with Crippen molar-refractivity contribution in [1.29, 1.82) is 0 Å². The average molecular weight is 247 g/mol. The molecule has 5 nitrogen and oxygen atoms in total. The van der Waals surface area contributed by atoms with E-state index in [1.54, 1.807) is 7.11 Å². The summed E-state index contributed by atoms with van der Waals surface area (Å²) in [5.74, 6) is -0.0188. The van der Waals surface area contributed by atoms with Crippen LogP contribution < -0.4 is 10.1 Å². The topological polar surface area (TPSA) is 64.6 Å². The fourth-order valence-corrected chi connectivity index (χ4v) is 1.60. The molecule has 18 heavy (non-hydrogen) atoms. The minimum Gasteiger partial charge on any atom is -0.497 e. The molecule has 0 unspecified atom stereocenters. The van der Waals surface area contributed by atoms with E-state index in [1.165, 1.54) is 6.08 Å². The first-order valence-corrected chi connectivity index (χ1v) is 5.45. The molecule has 1 aromatic carbocycles. The average Bonchev–Trinajstić information content (AvgIpc) is 2.68. The first-order chi connectivity index (χ1) is 8.69. The maximum atomic E-state index is 11.2. The summed E-state index contributed by atoms with van der Waals surface area (Å²) in [6, 6.07) is 7.46. The number of carbonyl (C=O) groups excluding carboxylic acids is 2. The third kappa shape index (κ3) is 2.95. The van der Waals surface area contributed by atoms with Gasteiger partial charge in [-0.1, -0.05) is 12.1 Å². The van der Waals surface area contributed by atoms with Gasteiger partial charge >= 0.3 is 0 Å². The first-order valence-electron chi connectivity index (χ1n) is 5.45. The third-order valence-corrected chi connectivity index (χ3v) is 2.49. The van der Waals surface area contributed by atoms with E-state index in [0.29, 0.717) is 12.2 Å². The van der Waals surface area contributed by atoms with Gasteiger partial charge < -0.3 is 9.47 Å². The highest BCUT2D eigenvalue weighted by atomic mass is 16.5. The van der Waals surface area contributed by atoms with Gasteiger partial charge in [0.1, 0.15) is 5.75 Å². The van der Waals surface area contributed by atoms with E-state index in [4.69, 9.17) is 9.47 Å². The minimum atomic E-state index is -0.389. The number of hydrogen-bond donors (Lipinski definition) is 1. The van der Waals surface area contributed by atoms with E-state index >= 15 is 0 Å². The van der Waals surface area contributed by atoms with Crippen LogP contribution in [0.15, 0.2) is 35.9 Å². The van der Waals surface area contributed by atoms with Crippen molar-refractivity contribution in [2.45, 2.75) is 6.61 Å². The zero-order chi connectivity index (χ0) is 13.0. The monoisotopic (exact) mass is 247 g/mol. The normalized spacial score (nSPS) is 14.4. The lowest BCUT2D eigenvalue weighted by molar-refractivity contribution is -0.124. The van der Waals surface area contributed by atoms with Crippen LogP contribution in [0.5, 0.6) is 5.75 Å². The van der Waals surface area contributed by atoms with Gasteiger partial charge in [-0.05, 0) is 17.7 Å². The fraction of sp³-hybridized carbons (Fsp3) is 0.231. The van der Waals surface area contributed by atoms with E-state index in [2.05, 4.69) is 5.32 Å². The van der Waals surface area contributed by atoms with E-state index in [9.17, 15) is 9.59 Å². The Balaban J connectivity index is 1.87. The van der Waals surface area contributed by atoms with Crippen LogP contribution in [0, 0.1) is 0 Å². The Hall–Kier alpha value is -2.14. The van der Waals surface area contributed by atoms with Crippen molar-refractivity contribution >= 4 is 11.8 Å². The molecule has 0 atom stereocenters. The molecule has 0 saturated heterocycles. The Labute approximate surface area is 104 Å². The number of hydrogen-bond acceptors (Lipinski definition) is 4. The highest BCUT2D eigenvalue weighted by molar-refractivity contribution is 6.16. The minimum absolute atomic E-state index is 0.120. The Morgan fingerprint density at radius 1 is 1.22 bits per heavy atom. The summed E-state index contributed by atoms with van der Waals surface area (Å²) in [5, 5.41) is 2.16. The molecule has 0 bridgehead atoms. The van der Waals surface area contributed by atoms with Crippen LogP contribution in [0.1, 0.15) is 5.56 Å². The van der Waals surface area contributed by atoms with Crippen molar-refractivity contribution in [1.82, 2.24) is 5.32 Å².